The molecule has 0 spiro atoms. The smallest absolute Gasteiger partial charge is 0.0172 e. The van der Waals surface area contributed by atoms with Gasteiger partial charge < -0.3 is 0 Å². The molecule has 9 atom stereocenters. The van der Waals surface area contributed by atoms with E-state index in [0.717, 1.165) is 41.4 Å². The van der Waals surface area contributed by atoms with Crippen LogP contribution in [0.25, 0.3) is 0 Å². The molecule has 0 heterocycles. The van der Waals surface area contributed by atoms with E-state index in [4.69, 9.17) is 0 Å². The number of rotatable bonds is 6. The first kappa shape index (κ1) is 22.0. The van der Waals surface area contributed by atoms with Gasteiger partial charge >= 0.3 is 0 Å². The summed E-state index contributed by atoms with van der Waals surface area (Å²) in [7, 11) is 0. The summed E-state index contributed by atoms with van der Waals surface area (Å²) in [4.78, 5) is 0. The summed E-state index contributed by atoms with van der Waals surface area (Å²) in [6.07, 6.45) is 19.3. The zero-order chi connectivity index (χ0) is 20.8. The third-order valence-electron chi connectivity index (χ3n) is 11.5. The molecule has 4 saturated carbocycles. The molecule has 4 aliphatic carbocycles. The third-order valence-corrected chi connectivity index (χ3v) is 11.5. The van der Waals surface area contributed by atoms with Crippen LogP contribution < -0.4 is 0 Å². The van der Waals surface area contributed by atoms with E-state index in [2.05, 4.69) is 41.2 Å². The van der Waals surface area contributed by atoms with Crippen molar-refractivity contribution in [3.05, 3.63) is 12.2 Å². The molecule has 0 aromatic rings. The average Bonchev–Trinajstić information content (AvgIpc) is 3.11. The van der Waals surface area contributed by atoms with Gasteiger partial charge in [-0.15, -0.1) is 0 Å². The van der Waals surface area contributed by atoms with Gasteiger partial charge in [0.25, 0.3) is 0 Å². The zero-order valence-corrected chi connectivity index (χ0v) is 20.4. The quantitative estimate of drug-likeness (QED) is 0.309. The summed E-state index contributed by atoms with van der Waals surface area (Å²) >= 11 is 0. The number of fused-ring (bicyclic) bond motifs is 5. The molecule has 0 amide bonds. The highest BCUT2D eigenvalue weighted by Gasteiger charge is 2.60. The minimum Gasteiger partial charge on any atom is -0.0998 e. The molecule has 0 aromatic carbocycles. The van der Waals surface area contributed by atoms with Crippen LogP contribution in [0.4, 0.5) is 0 Å². The van der Waals surface area contributed by atoms with E-state index in [0.29, 0.717) is 10.8 Å². The fraction of sp³-hybridized carbons (Fsp3) is 0.931. The van der Waals surface area contributed by atoms with E-state index >= 15 is 0 Å². The predicted molar refractivity (Wildman–Crippen MR) is 127 cm³/mol. The van der Waals surface area contributed by atoms with Crippen molar-refractivity contribution in [3.63, 3.8) is 0 Å². The Kier molecular flexibility index (Phi) is 6.32. The van der Waals surface area contributed by atoms with Crippen LogP contribution in [0.3, 0.4) is 0 Å². The van der Waals surface area contributed by atoms with Crippen molar-refractivity contribution >= 4 is 0 Å². The van der Waals surface area contributed by atoms with Crippen LogP contribution >= 0.6 is 0 Å². The SMILES string of the molecule is C=C(C)C1CCC2(CC)CCC3C(CCC4C3CCC(C)C4(C)CCCCC)C12. The maximum absolute atomic E-state index is 4.49. The molecule has 0 aromatic heterocycles. The molecule has 0 N–H and O–H groups in total. The standard InChI is InChI=1S/C29H50/c1-7-9-10-17-28(6)21(5)11-12-24-23-16-19-29(8-2)18-15-22(20(3)4)27(29)25(23)13-14-26(24)28/h21-27H,3,7-19H2,1-2,4-6H3. The average molecular weight is 399 g/mol. The molecule has 4 aliphatic rings. The van der Waals surface area contributed by atoms with Gasteiger partial charge in [-0.2, -0.15) is 0 Å². The highest BCUT2D eigenvalue weighted by atomic mass is 14.6. The van der Waals surface area contributed by atoms with E-state index in [-0.39, 0.29) is 0 Å². The Morgan fingerprint density at radius 2 is 1.62 bits per heavy atom. The second kappa shape index (κ2) is 8.35. The summed E-state index contributed by atoms with van der Waals surface area (Å²) < 4.78 is 0. The lowest BCUT2D eigenvalue weighted by Gasteiger charge is -2.61. The molecule has 166 valence electrons. The van der Waals surface area contributed by atoms with Crippen LogP contribution in [-0.4, -0.2) is 0 Å². The Bertz CT molecular complexity index is 589. The van der Waals surface area contributed by atoms with E-state index in [1.165, 1.54) is 76.2 Å². The molecule has 0 bridgehead atoms. The van der Waals surface area contributed by atoms with Crippen molar-refractivity contribution in [3.8, 4) is 0 Å². The van der Waals surface area contributed by atoms with Crippen molar-refractivity contribution in [1.82, 2.24) is 0 Å². The van der Waals surface area contributed by atoms with Gasteiger partial charge in [-0.3, -0.25) is 0 Å². The molecule has 0 radical (unpaired) electrons. The molecule has 29 heavy (non-hydrogen) atoms. The molecule has 4 fully saturated rings. The normalized spacial score (nSPS) is 49.2. The monoisotopic (exact) mass is 398 g/mol. The van der Waals surface area contributed by atoms with Gasteiger partial charge in [0.15, 0.2) is 0 Å². The van der Waals surface area contributed by atoms with Gasteiger partial charge in [-0.25, -0.2) is 0 Å². The summed E-state index contributed by atoms with van der Waals surface area (Å²) in [5, 5.41) is 0. The maximum atomic E-state index is 4.49. The number of hydrogen-bond acceptors (Lipinski definition) is 0. The van der Waals surface area contributed by atoms with Gasteiger partial charge in [-0.1, -0.05) is 65.5 Å². The molecule has 9 unspecified atom stereocenters. The van der Waals surface area contributed by atoms with Gasteiger partial charge in [-0.05, 0) is 117 Å². The minimum atomic E-state index is 0.617. The van der Waals surface area contributed by atoms with E-state index in [1.54, 1.807) is 12.8 Å². The number of unbranched alkanes of at least 4 members (excludes halogenated alkanes) is 2. The zero-order valence-electron chi connectivity index (χ0n) is 20.4. The first-order valence-electron chi connectivity index (χ1n) is 13.5. The Balaban J connectivity index is 1.59. The molecule has 0 saturated heterocycles. The van der Waals surface area contributed by atoms with E-state index < -0.39 is 0 Å². The van der Waals surface area contributed by atoms with E-state index in [1.807, 2.05) is 0 Å². The lowest BCUT2D eigenvalue weighted by Crippen LogP contribution is -2.53. The van der Waals surface area contributed by atoms with Gasteiger partial charge in [0.2, 0.25) is 0 Å². The van der Waals surface area contributed by atoms with Crippen molar-refractivity contribution < 1.29 is 0 Å². The molecule has 0 nitrogen and oxygen atoms in total. The highest BCUT2D eigenvalue weighted by molar-refractivity contribution is 5.14. The van der Waals surface area contributed by atoms with Crippen LogP contribution in [-0.2, 0) is 0 Å². The van der Waals surface area contributed by atoms with E-state index in [9.17, 15) is 0 Å². The molecule has 0 heteroatoms. The lowest BCUT2D eigenvalue weighted by atomic mass is 9.44. The van der Waals surface area contributed by atoms with Crippen molar-refractivity contribution in [2.75, 3.05) is 0 Å². The lowest BCUT2D eigenvalue weighted by molar-refractivity contribution is -0.118. The first-order valence-corrected chi connectivity index (χ1v) is 13.5. The Hall–Kier alpha value is -0.260. The van der Waals surface area contributed by atoms with Crippen LogP contribution in [0.5, 0.6) is 0 Å². The first-order chi connectivity index (χ1) is 13.9. The van der Waals surface area contributed by atoms with Gasteiger partial charge in [0.1, 0.15) is 0 Å². The molecular formula is C29H50. The van der Waals surface area contributed by atoms with Gasteiger partial charge in [0.05, 0.1) is 0 Å². The Morgan fingerprint density at radius 1 is 0.897 bits per heavy atom. The highest BCUT2D eigenvalue weighted by Crippen LogP contribution is 2.68. The maximum Gasteiger partial charge on any atom is -0.0172 e. The Labute approximate surface area is 182 Å². The molecular weight excluding hydrogens is 348 g/mol. The topological polar surface area (TPSA) is 0 Å². The summed E-state index contributed by atoms with van der Waals surface area (Å²) in [6.45, 7) is 17.0. The second-order valence-electron chi connectivity index (χ2n) is 12.4. The van der Waals surface area contributed by atoms with Crippen LogP contribution in [0, 0.1) is 52.3 Å². The number of hydrogen-bond donors (Lipinski definition) is 0. The predicted octanol–water partition coefficient (Wildman–Crippen LogP) is 9.05. The van der Waals surface area contributed by atoms with Crippen LogP contribution in [0.1, 0.15) is 118 Å². The summed E-state index contributed by atoms with van der Waals surface area (Å²) in [6, 6.07) is 0. The number of allylic oxidation sites excluding steroid dienone is 1. The Morgan fingerprint density at radius 3 is 2.31 bits per heavy atom. The molecule has 0 aliphatic heterocycles. The van der Waals surface area contributed by atoms with Crippen molar-refractivity contribution in [2.45, 2.75) is 118 Å². The largest absolute Gasteiger partial charge is 0.0998 e. The van der Waals surface area contributed by atoms with Crippen LogP contribution in [0.15, 0.2) is 12.2 Å². The van der Waals surface area contributed by atoms with Crippen molar-refractivity contribution in [2.24, 2.45) is 52.3 Å². The summed E-state index contributed by atoms with van der Waals surface area (Å²) in [5.41, 5.74) is 2.80. The fourth-order valence-corrected chi connectivity index (χ4v) is 9.71. The minimum absolute atomic E-state index is 0.617. The fourth-order valence-electron chi connectivity index (χ4n) is 9.71. The summed E-state index contributed by atoms with van der Waals surface area (Å²) in [5.74, 6) is 6.85. The van der Waals surface area contributed by atoms with Crippen molar-refractivity contribution in [1.29, 1.82) is 0 Å². The second-order valence-corrected chi connectivity index (χ2v) is 12.4. The molecule has 4 rings (SSSR count). The third kappa shape index (κ3) is 3.47. The van der Waals surface area contributed by atoms with Gasteiger partial charge in [0, 0.05) is 0 Å². The van der Waals surface area contributed by atoms with Crippen LogP contribution in [0.2, 0.25) is 0 Å².